The van der Waals surface area contributed by atoms with Crippen molar-refractivity contribution < 1.29 is 9.21 Å². The van der Waals surface area contributed by atoms with E-state index in [0.29, 0.717) is 31.6 Å². The molecule has 0 fully saturated rings. The molecule has 7 heteroatoms. The number of carbonyl (C=O) groups is 1. The van der Waals surface area contributed by atoms with Gasteiger partial charge in [-0.15, -0.1) is 11.3 Å². The maximum Gasteiger partial charge on any atom is 0.267 e. The Morgan fingerprint density at radius 1 is 1.09 bits per heavy atom. The van der Waals surface area contributed by atoms with Gasteiger partial charge in [0.25, 0.3) is 5.91 Å². The molecule has 3 N–H and O–H groups in total. The predicted molar refractivity (Wildman–Crippen MR) is 136 cm³/mol. The minimum absolute atomic E-state index is 0.261. The molecule has 3 aromatic heterocycles. The van der Waals surface area contributed by atoms with Gasteiger partial charge in [-0.2, -0.15) is 0 Å². The number of nitrogens with two attached hydrogens (primary N) is 1. The van der Waals surface area contributed by atoms with E-state index in [1.807, 2.05) is 74.5 Å². The van der Waals surface area contributed by atoms with Gasteiger partial charge >= 0.3 is 0 Å². The highest BCUT2D eigenvalue weighted by Crippen LogP contribution is 2.41. The van der Waals surface area contributed by atoms with Crippen LogP contribution >= 0.6 is 22.9 Å². The fraction of sp³-hybridized carbons (Fsp3) is 0.0769. The molecular weight excluding hydrogens is 454 g/mol. The quantitative estimate of drug-likeness (QED) is 0.286. The van der Waals surface area contributed by atoms with Gasteiger partial charge in [0.05, 0.1) is 17.6 Å². The number of rotatable bonds is 4. The van der Waals surface area contributed by atoms with Gasteiger partial charge in [-0.1, -0.05) is 35.9 Å². The third-order valence-electron chi connectivity index (χ3n) is 5.47. The highest BCUT2D eigenvalue weighted by molar-refractivity contribution is 7.21. The van der Waals surface area contributed by atoms with Crippen LogP contribution in [0.1, 0.15) is 20.8 Å². The largest absolute Gasteiger partial charge is 0.464 e. The smallest absolute Gasteiger partial charge is 0.267 e. The van der Waals surface area contributed by atoms with Crippen molar-refractivity contribution in [2.45, 2.75) is 13.8 Å². The molecule has 0 bridgehead atoms. The second-order valence-corrected chi connectivity index (χ2v) is 9.27. The van der Waals surface area contributed by atoms with E-state index in [0.717, 1.165) is 33.6 Å². The molecule has 164 valence electrons. The van der Waals surface area contributed by atoms with Gasteiger partial charge in [-0.05, 0) is 61.4 Å². The molecule has 0 aliphatic rings. The first-order chi connectivity index (χ1) is 15.9. The number of pyridine rings is 1. The summed E-state index contributed by atoms with van der Waals surface area (Å²) in [5.74, 6) is 0.395. The van der Waals surface area contributed by atoms with Gasteiger partial charge < -0.3 is 15.5 Å². The number of aromatic nitrogens is 1. The van der Waals surface area contributed by atoms with Crippen LogP contribution in [0.2, 0.25) is 5.02 Å². The summed E-state index contributed by atoms with van der Waals surface area (Å²) < 4.78 is 5.69. The molecule has 0 aliphatic heterocycles. The Morgan fingerprint density at radius 3 is 2.61 bits per heavy atom. The third-order valence-corrected chi connectivity index (χ3v) is 6.82. The van der Waals surface area contributed by atoms with Crippen LogP contribution in [0, 0.1) is 13.8 Å². The first kappa shape index (κ1) is 21.2. The third kappa shape index (κ3) is 3.99. The summed E-state index contributed by atoms with van der Waals surface area (Å²) in [6.07, 6.45) is 1.61. The van der Waals surface area contributed by atoms with Gasteiger partial charge in [0, 0.05) is 27.2 Å². The van der Waals surface area contributed by atoms with Gasteiger partial charge in [-0.3, -0.25) is 4.79 Å². The Hall–Kier alpha value is -3.61. The molecule has 0 unspecified atom stereocenters. The van der Waals surface area contributed by atoms with Crippen LogP contribution in [0.5, 0.6) is 0 Å². The minimum Gasteiger partial charge on any atom is -0.464 e. The summed E-state index contributed by atoms with van der Waals surface area (Å²) in [4.78, 5) is 19.1. The summed E-state index contributed by atoms with van der Waals surface area (Å²) in [5.41, 5.74) is 12.2. The van der Waals surface area contributed by atoms with Crippen molar-refractivity contribution in [3.05, 3.63) is 88.0 Å². The van der Waals surface area contributed by atoms with Crippen LogP contribution in [0.4, 0.5) is 11.4 Å². The maximum absolute atomic E-state index is 13.2. The van der Waals surface area contributed by atoms with Gasteiger partial charge in [0.1, 0.15) is 15.5 Å². The molecule has 0 atom stereocenters. The molecule has 0 saturated heterocycles. The summed E-state index contributed by atoms with van der Waals surface area (Å²) in [7, 11) is 0. The van der Waals surface area contributed by atoms with Gasteiger partial charge in [0.15, 0.2) is 0 Å². The topological polar surface area (TPSA) is 81.2 Å². The lowest BCUT2D eigenvalue weighted by Gasteiger charge is -2.09. The number of carbonyl (C=O) groups excluding carboxylic acids is 1. The van der Waals surface area contributed by atoms with Crippen molar-refractivity contribution in [3.8, 4) is 22.6 Å². The van der Waals surface area contributed by atoms with E-state index >= 15 is 0 Å². The Labute approximate surface area is 199 Å². The number of nitrogens with zero attached hydrogens (tertiary/aromatic N) is 1. The Morgan fingerprint density at radius 2 is 1.88 bits per heavy atom. The normalized spacial score (nSPS) is 11.1. The lowest BCUT2D eigenvalue weighted by atomic mass is 10.0. The highest BCUT2D eigenvalue weighted by Gasteiger charge is 2.23. The van der Waals surface area contributed by atoms with E-state index in [4.69, 9.17) is 26.7 Å². The molecule has 5 rings (SSSR count). The monoisotopic (exact) mass is 473 g/mol. The van der Waals surface area contributed by atoms with Crippen LogP contribution in [-0.2, 0) is 0 Å². The Kier molecular flexibility index (Phi) is 5.40. The minimum atomic E-state index is -0.261. The van der Waals surface area contributed by atoms with Crippen molar-refractivity contribution in [2.24, 2.45) is 0 Å². The van der Waals surface area contributed by atoms with Crippen LogP contribution in [0.3, 0.4) is 0 Å². The molecule has 0 radical (unpaired) electrons. The number of anilines is 2. The molecule has 2 aromatic carbocycles. The number of furan rings is 1. The number of nitrogen functional groups attached to an aromatic ring is 1. The highest BCUT2D eigenvalue weighted by atomic mass is 35.5. The van der Waals surface area contributed by atoms with E-state index in [-0.39, 0.29) is 5.91 Å². The number of thiophene rings is 1. The number of hydrogen-bond acceptors (Lipinski definition) is 5. The number of benzene rings is 2. The SMILES string of the molecule is Cc1ccc(C)c(NC(=O)c2sc3nc(-c4ccc(Cl)cc4)cc(-c4ccco4)c3c2N)c1. The van der Waals surface area contributed by atoms with E-state index in [1.165, 1.54) is 11.3 Å². The van der Waals surface area contributed by atoms with Crippen LogP contribution < -0.4 is 11.1 Å². The van der Waals surface area contributed by atoms with Crippen molar-refractivity contribution >= 4 is 50.4 Å². The second-order valence-electron chi connectivity index (χ2n) is 7.84. The fourth-order valence-electron chi connectivity index (χ4n) is 3.73. The zero-order chi connectivity index (χ0) is 23.1. The van der Waals surface area contributed by atoms with Crippen LogP contribution in [0.15, 0.2) is 71.3 Å². The Balaban J connectivity index is 1.65. The number of amides is 1. The molecule has 0 aliphatic carbocycles. The van der Waals surface area contributed by atoms with E-state index < -0.39 is 0 Å². The second kappa shape index (κ2) is 8.39. The van der Waals surface area contributed by atoms with Crippen LogP contribution in [0.25, 0.3) is 32.8 Å². The number of aryl methyl sites for hydroxylation is 2. The molecule has 1 amide bonds. The molecule has 3 heterocycles. The number of halogens is 1. The first-order valence-electron chi connectivity index (χ1n) is 10.3. The maximum atomic E-state index is 13.2. The van der Waals surface area contributed by atoms with Gasteiger partial charge in [-0.25, -0.2) is 4.98 Å². The number of fused-ring (bicyclic) bond motifs is 1. The van der Waals surface area contributed by atoms with Crippen molar-refractivity contribution in [1.29, 1.82) is 0 Å². The zero-order valence-electron chi connectivity index (χ0n) is 18.0. The van der Waals surface area contributed by atoms with Crippen molar-refractivity contribution in [2.75, 3.05) is 11.1 Å². The average Bonchev–Trinajstić information content (AvgIpc) is 3.45. The summed E-state index contributed by atoms with van der Waals surface area (Å²) in [6, 6.07) is 19.0. The van der Waals surface area contributed by atoms with Crippen LogP contribution in [-0.4, -0.2) is 10.9 Å². The predicted octanol–water partition coefficient (Wildman–Crippen LogP) is 7.33. The summed E-state index contributed by atoms with van der Waals surface area (Å²) >= 11 is 7.33. The van der Waals surface area contributed by atoms with E-state index in [1.54, 1.807) is 6.26 Å². The molecule has 0 saturated carbocycles. The summed E-state index contributed by atoms with van der Waals surface area (Å²) in [6.45, 7) is 3.94. The van der Waals surface area contributed by atoms with Crippen molar-refractivity contribution in [3.63, 3.8) is 0 Å². The molecule has 5 nitrogen and oxygen atoms in total. The van der Waals surface area contributed by atoms with E-state index in [9.17, 15) is 4.79 Å². The summed E-state index contributed by atoms with van der Waals surface area (Å²) in [5, 5.41) is 4.36. The fourth-order valence-corrected chi connectivity index (χ4v) is 4.87. The zero-order valence-corrected chi connectivity index (χ0v) is 19.6. The number of nitrogens with one attached hydrogen (secondary N) is 1. The molecule has 5 aromatic rings. The first-order valence-corrected chi connectivity index (χ1v) is 11.5. The van der Waals surface area contributed by atoms with E-state index in [2.05, 4.69) is 5.32 Å². The lowest BCUT2D eigenvalue weighted by Crippen LogP contribution is -2.13. The standard InChI is InChI=1S/C26H20ClN3O2S/c1-14-5-6-15(2)19(12-14)29-25(31)24-23(28)22-18(21-4-3-11-32-21)13-20(30-26(22)33-24)16-7-9-17(27)10-8-16/h3-13H,28H2,1-2H3,(H,29,31). The lowest BCUT2D eigenvalue weighted by molar-refractivity contribution is 0.103. The number of hydrogen-bond donors (Lipinski definition) is 2. The molecular formula is C26H20ClN3O2S. The van der Waals surface area contributed by atoms with Crippen molar-refractivity contribution in [1.82, 2.24) is 4.98 Å². The van der Waals surface area contributed by atoms with Gasteiger partial charge in [0.2, 0.25) is 0 Å². The molecule has 33 heavy (non-hydrogen) atoms. The Bertz CT molecular complexity index is 1490. The average molecular weight is 474 g/mol. The molecule has 0 spiro atoms.